The van der Waals surface area contributed by atoms with E-state index in [4.69, 9.17) is 0 Å². The van der Waals surface area contributed by atoms with Gasteiger partial charge in [-0.25, -0.2) is 9.78 Å². The van der Waals surface area contributed by atoms with E-state index >= 15 is 0 Å². The maximum absolute atomic E-state index is 11.1. The van der Waals surface area contributed by atoms with Crippen LogP contribution in [0.25, 0.3) is 0 Å². The minimum Gasteiger partial charge on any atom is -0.391 e. The molecule has 4 heteroatoms. The smallest absolute Gasteiger partial charge is 0.347 e. The van der Waals surface area contributed by atoms with Crippen LogP contribution in [0.15, 0.2) is 23.3 Å². The van der Waals surface area contributed by atoms with Crippen LogP contribution < -0.4 is 5.69 Å². The molecule has 1 aromatic rings. The molecule has 0 aliphatic heterocycles. The summed E-state index contributed by atoms with van der Waals surface area (Å²) in [6.07, 6.45) is 4.89. The monoisotopic (exact) mass is 180 g/mol. The van der Waals surface area contributed by atoms with Gasteiger partial charge in [-0.05, 0) is 24.8 Å². The van der Waals surface area contributed by atoms with Crippen molar-refractivity contribution in [1.29, 1.82) is 0 Å². The van der Waals surface area contributed by atoms with Crippen molar-refractivity contribution in [1.82, 2.24) is 9.55 Å². The van der Waals surface area contributed by atoms with E-state index in [0.717, 1.165) is 12.8 Å². The molecule has 0 bridgehead atoms. The Bertz CT molecular complexity index is 343. The van der Waals surface area contributed by atoms with E-state index in [9.17, 15) is 9.90 Å². The van der Waals surface area contributed by atoms with Crippen molar-refractivity contribution in [3.8, 4) is 0 Å². The summed E-state index contributed by atoms with van der Waals surface area (Å²) in [4.78, 5) is 14.7. The van der Waals surface area contributed by atoms with E-state index in [1.807, 2.05) is 0 Å². The first-order valence-electron chi connectivity index (χ1n) is 4.47. The summed E-state index contributed by atoms with van der Waals surface area (Å²) in [6.45, 7) is 0.372. The first kappa shape index (κ1) is 8.44. The Labute approximate surface area is 75.9 Å². The predicted molar refractivity (Wildman–Crippen MR) is 47.2 cm³/mol. The van der Waals surface area contributed by atoms with Gasteiger partial charge >= 0.3 is 5.69 Å². The predicted octanol–water partition coefficient (Wildman–Crippen LogP) is 0.0142. The van der Waals surface area contributed by atoms with Gasteiger partial charge in [-0.1, -0.05) is 0 Å². The van der Waals surface area contributed by atoms with E-state index in [-0.39, 0.29) is 11.8 Å². The fourth-order valence-electron chi connectivity index (χ4n) is 1.36. The lowest BCUT2D eigenvalue weighted by Gasteiger charge is -2.09. The quantitative estimate of drug-likeness (QED) is 0.713. The molecule has 0 saturated heterocycles. The number of aliphatic hydroxyl groups is 1. The number of nitrogens with zero attached hydrogens (tertiary/aromatic N) is 2. The summed E-state index contributed by atoms with van der Waals surface area (Å²) >= 11 is 0. The Morgan fingerprint density at radius 1 is 1.69 bits per heavy atom. The van der Waals surface area contributed by atoms with E-state index in [0.29, 0.717) is 12.5 Å². The molecule has 4 nitrogen and oxygen atoms in total. The number of rotatable bonds is 3. The summed E-state index contributed by atoms with van der Waals surface area (Å²) in [7, 11) is 0. The number of aromatic nitrogens is 2. The molecule has 1 atom stereocenters. The molecule has 13 heavy (non-hydrogen) atoms. The standard InChI is InChI=1S/C9H12N2O2/c12-8(7-2-3-7)6-11-5-1-4-10-9(11)13/h1,4-5,7-8,12H,2-3,6H2. The third kappa shape index (κ3) is 1.95. The lowest BCUT2D eigenvalue weighted by molar-refractivity contribution is 0.129. The van der Waals surface area contributed by atoms with E-state index in [1.54, 1.807) is 12.3 Å². The maximum Gasteiger partial charge on any atom is 0.347 e. The highest BCUT2D eigenvalue weighted by Gasteiger charge is 2.29. The summed E-state index contributed by atoms with van der Waals surface area (Å²) in [5, 5.41) is 9.58. The Balaban J connectivity index is 2.08. The normalized spacial score (nSPS) is 18.5. The van der Waals surface area contributed by atoms with Crippen LogP contribution in [0.5, 0.6) is 0 Å². The van der Waals surface area contributed by atoms with Gasteiger partial charge in [0.25, 0.3) is 0 Å². The molecular weight excluding hydrogens is 168 g/mol. The fourth-order valence-corrected chi connectivity index (χ4v) is 1.36. The minimum atomic E-state index is -0.387. The lowest BCUT2D eigenvalue weighted by atomic mass is 10.2. The molecule has 1 saturated carbocycles. The van der Waals surface area contributed by atoms with E-state index in [2.05, 4.69) is 4.98 Å². The molecule has 0 radical (unpaired) electrons. The zero-order valence-corrected chi connectivity index (χ0v) is 7.26. The molecule has 1 heterocycles. The largest absolute Gasteiger partial charge is 0.391 e. The van der Waals surface area contributed by atoms with Crippen LogP contribution in [0, 0.1) is 5.92 Å². The van der Waals surface area contributed by atoms with Crippen molar-refractivity contribution in [3.63, 3.8) is 0 Å². The summed E-state index contributed by atoms with van der Waals surface area (Å²) in [5.74, 6) is 0.395. The average molecular weight is 180 g/mol. The summed E-state index contributed by atoms with van der Waals surface area (Å²) in [6, 6.07) is 1.70. The Morgan fingerprint density at radius 3 is 3.08 bits per heavy atom. The first-order chi connectivity index (χ1) is 6.27. The van der Waals surface area contributed by atoms with Crippen molar-refractivity contribution in [2.45, 2.75) is 25.5 Å². The van der Waals surface area contributed by atoms with Gasteiger partial charge in [0, 0.05) is 12.4 Å². The van der Waals surface area contributed by atoms with Crippen LogP contribution in [0.2, 0.25) is 0 Å². The maximum atomic E-state index is 11.1. The van der Waals surface area contributed by atoms with Crippen LogP contribution >= 0.6 is 0 Å². The topological polar surface area (TPSA) is 55.1 Å². The Kier molecular flexibility index (Phi) is 2.14. The van der Waals surface area contributed by atoms with Gasteiger partial charge in [-0.15, -0.1) is 0 Å². The lowest BCUT2D eigenvalue weighted by Crippen LogP contribution is -2.28. The highest BCUT2D eigenvalue weighted by atomic mass is 16.3. The van der Waals surface area contributed by atoms with Crippen LogP contribution in [-0.4, -0.2) is 20.8 Å². The van der Waals surface area contributed by atoms with Gasteiger partial charge < -0.3 is 5.11 Å². The third-order valence-electron chi connectivity index (χ3n) is 2.33. The van der Waals surface area contributed by atoms with Crippen LogP contribution in [0.3, 0.4) is 0 Å². The second-order valence-corrected chi connectivity index (χ2v) is 3.46. The Morgan fingerprint density at radius 2 is 2.46 bits per heavy atom. The average Bonchev–Trinajstić information content (AvgIpc) is 2.91. The molecule has 1 N–H and O–H groups in total. The molecule has 0 spiro atoms. The van der Waals surface area contributed by atoms with Gasteiger partial charge in [-0.3, -0.25) is 4.57 Å². The van der Waals surface area contributed by atoms with Gasteiger partial charge in [0.05, 0.1) is 12.6 Å². The highest BCUT2D eigenvalue weighted by Crippen LogP contribution is 2.32. The molecule has 0 amide bonds. The molecule has 1 unspecified atom stereocenters. The van der Waals surface area contributed by atoms with Gasteiger partial charge in [0.2, 0.25) is 0 Å². The van der Waals surface area contributed by atoms with Gasteiger partial charge in [-0.2, -0.15) is 0 Å². The first-order valence-corrected chi connectivity index (χ1v) is 4.47. The molecule has 2 rings (SSSR count). The SMILES string of the molecule is O=c1ncccn1CC(O)C1CC1. The van der Waals surface area contributed by atoms with Gasteiger partial charge in [0.15, 0.2) is 0 Å². The Hall–Kier alpha value is -1.16. The van der Waals surface area contributed by atoms with Crippen molar-refractivity contribution >= 4 is 0 Å². The summed E-state index contributed by atoms with van der Waals surface area (Å²) < 4.78 is 1.45. The van der Waals surface area contributed by atoms with Crippen LogP contribution in [0.1, 0.15) is 12.8 Å². The summed E-state index contributed by atoms with van der Waals surface area (Å²) in [5.41, 5.74) is -0.290. The number of hydrogen-bond donors (Lipinski definition) is 1. The van der Waals surface area contributed by atoms with Crippen molar-refractivity contribution in [3.05, 3.63) is 28.9 Å². The molecule has 0 aromatic carbocycles. The van der Waals surface area contributed by atoms with Crippen LogP contribution in [-0.2, 0) is 6.54 Å². The van der Waals surface area contributed by atoms with Crippen molar-refractivity contribution in [2.24, 2.45) is 5.92 Å². The van der Waals surface area contributed by atoms with Crippen LogP contribution in [0.4, 0.5) is 0 Å². The van der Waals surface area contributed by atoms with E-state index < -0.39 is 0 Å². The number of aliphatic hydroxyl groups excluding tert-OH is 1. The highest BCUT2D eigenvalue weighted by molar-refractivity contribution is 4.85. The second-order valence-electron chi connectivity index (χ2n) is 3.46. The minimum absolute atomic E-state index is 0.290. The zero-order valence-electron chi connectivity index (χ0n) is 7.26. The van der Waals surface area contributed by atoms with E-state index in [1.165, 1.54) is 10.8 Å². The second kappa shape index (κ2) is 3.30. The zero-order chi connectivity index (χ0) is 9.26. The molecule has 70 valence electrons. The molecule has 1 aliphatic rings. The van der Waals surface area contributed by atoms with Crippen molar-refractivity contribution in [2.75, 3.05) is 0 Å². The third-order valence-corrected chi connectivity index (χ3v) is 2.33. The molecule has 1 fully saturated rings. The molecule has 1 aromatic heterocycles. The molecular formula is C9H12N2O2. The fraction of sp³-hybridized carbons (Fsp3) is 0.556. The number of hydrogen-bond acceptors (Lipinski definition) is 3. The van der Waals surface area contributed by atoms with Crippen molar-refractivity contribution < 1.29 is 5.11 Å². The molecule has 1 aliphatic carbocycles. The van der Waals surface area contributed by atoms with Gasteiger partial charge in [0.1, 0.15) is 0 Å².